The zero-order valence-electron chi connectivity index (χ0n) is 15.3. The Morgan fingerprint density at radius 3 is 2.63 bits per heavy atom. The summed E-state index contributed by atoms with van der Waals surface area (Å²) in [6.45, 7) is 4.04. The van der Waals surface area contributed by atoms with Crippen molar-refractivity contribution in [2.24, 2.45) is 4.99 Å². The molecular weight excluding hydrogens is 456 g/mol. The number of rotatable bonds is 7. The highest BCUT2D eigenvalue weighted by Gasteiger charge is 2.03. The number of nitrogens with zero attached hydrogens (tertiary/aromatic N) is 2. The van der Waals surface area contributed by atoms with Gasteiger partial charge in [0.2, 0.25) is 0 Å². The van der Waals surface area contributed by atoms with Gasteiger partial charge >= 0.3 is 0 Å². The van der Waals surface area contributed by atoms with E-state index in [1.54, 1.807) is 6.07 Å². The summed E-state index contributed by atoms with van der Waals surface area (Å²) < 4.78 is 13.7. The monoisotopic (exact) mass is 481 g/mol. The highest BCUT2D eigenvalue weighted by atomic mass is 127. The van der Waals surface area contributed by atoms with Gasteiger partial charge in [-0.05, 0) is 37.1 Å². The minimum Gasteiger partial charge on any atom is -0.357 e. The van der Waals surface area contributed by atoms with Gasteiger partial charge in [0, 0.05) is 26.1 Å². The minimum atomic E-state index is -0.166. The molecule has 0 aliphatic heterocycles. The number of fused-ring (bicyclic) bond motifs is 1. The maximum atomic E-state index is 13.7. The van der Waals surface area contributed by atoms with Crippen LogP contribution in [0.5, 0.6) is 0 Å². The third-order valence-electron chi connectivity index (χ3n) is 4.05. The van der Waals surface area contributed by atoms with Crippen LogP contribution in [0.1, 0.15) is 18.3 Å². The Hall–Kier alpha value is -2.16. The van der Waals surface area contributed by atoms with Crippen LogP contribution in [0, 0.1) is 5.82 Å². The molecule has 3 N–H and O–H groups in total. The first-order chi connectivity index (χ1) is 12.8. The molecule has 144 valence electrons. The predicted octanol–water partition coefficient (Wildman–Crippen LogP) is 3.66. The Balaban J connectivity index is 0.00000261. The van der Waals surface area contributed by atoms with Crippen molar-refractivity contribution in [2.75, 3.05) is 19.6 Å². The molecule has 0 spiro atoms. The van der Waals surface area contributed by atoms with Gasteiger partial charge in [0.05, 0.1) is 11.0 Å². The fraction of sp³-hybridized carbons (Fsp3) is 0.300. The highest BCUT2D eigenvalue weighted by molar-refractivity contribution is 14.0. The molecule has 3 rings (SSSR count). The lowest BCUT2D eigenvalue weighted by Gasteiger charge is -2.11. The molecule has 0 saturated heterocycles. The molecule has 1 aromatic heterocycles. The molecule has 0 atom stereocenters. The van der Waals surface area contributed by atoms with E-state index in [1.807, 2.05) is 43.3 Å². The van der Waals surface area contributed by atoms with Crippen LogP contribution in [-0.2, 0) is 12.8 Å². The van der Waals surface area contributed by atoms with Crippen LogP contribution in [-0.4, -0.2) is 35.6 Å². The molecule has 0 fully saturated rings. The second kappa shape index (κ2) is 10.9. The Morgan fingerprint density at radius 1 is 1.07 bits per heavy atom. The van der Waals surface area contributed by atoms with E-state index in [9.17, 15) is 4.39 Å². The lowest BCUT2D eigenvalue weighted by Crippen LogP contribution is -2.38. The number of halogens is 2. The molecule has 0 aliphatic carbocycles. The Kier molecular flexibility index (Phi) is 8.50. The average Bonchev–Trinajstić information content (AvgIpc) is 3.06. The number of hydrogen-bond donors (Lipinski definition) is 3. The fourth-order valence-corrected chi connectivity index (χ4v) is 2.76. The topological polar surface area (TPSA) is 65.1 Å². The first-order valence-electron chi connectivity index (χ1n) is 8.95. The maximum absolute atomic E-state index is 13.7. The predicted molar refractivity (Wildman–Crippen MR) is 119 cm³/mol. The molecule has 0 saturated carbocycles. The number of aliphatic imine (C=N–C) groups is 1. The normalized spacial score (nSPS) is 11.3. The first kappa shape index (κ1) is 21.1. The fourth-order valence-electron chi connectivity index (χ4n) is 2.76. The summed E-state index contributed by atoms with van der Waals surface area (Å²) in [5, 5.41) is 6.46. The zero-order chi connectivity index (χ0) is 18.2. The molecule has 0 radical (unpaired) electrons. The van der Waals surface area contributed by atoms with Gasteiger partial charge in [-0.15, -0.1) is 24.0 Å². The molecule has 3 aromatic rings. The molecule has 1 heterocycles. The number of aromatic amines is 1. The van der Waals surface area contributed by atoms with E-state index < -0.39 is 0 Å². The summed E-state index contributed by atoms with van der Waals surface area (Å²) in [6.07, 6.45) is 1.35. The molecule has 7 heteroatoms. The lowest BCUT2D eigenvalue weighted by molar-refractivity contribution is 0.606. The van der Waals surface area contributed by atoms with Crippen LogP contribution in [0.3, 0.4) is 0 Å². The van der Waals surface area contributed by atoms with Crippen LogP contribution in [0.2, 0.25) is 0 Å². The van der Waals surface area contributed by atoms with Crippen molar-refractivity contribution in [3.8, 4) is 0 Å². The Bertz CT molecular complexity index is 844. The van der Waals surface area contributed by atoms with Crippen LogP contribution in [0.4, 0.5) is 4.39 Å². The summed E-state index contributed by atoms with van der Waals surface area (Å²) >= 11 is 0. The standard InChI is InChI=1S/C20H24FN5.HI/c1-2-22-20(23-13-11-15-7-3-4-8-16(15)21)24-14-12-19-25-17-9-5-6-10-18(17)26-19;/h3-10H,2,11-14H2,1H3,(H,25,26)(H2,22,23,24);1H. The van der Waals surface area contributed by atoms with Crippen LogP contribution < -0.4 is 10.6 Å². The van der Waals surface area contributed by atoms with E-state index in [0.717, 1.165) is 35.8 Å². The van der Waals surface area contributed by atoms with Crippen molar-refractivity contribution < 1.29 is 4.39 Å². The summed E-state index contributed by atoms with van der Waals surface area (Å²) in [7, 11) is 0. The molecule has 0 amide bonds. The van der Waals surface area contributed by atoms with E-state index in [1.165, 1.54) is 6.07 Å². The summed E-state index contributed by atoms with van der Waals surface area (Å²) in [5.74, 6) is 1.50. The number of H-pyrrole nitrogens is 1. The van der Waals surface area contributed by atoms with Gasteiger partial charge in [-0.1, -0.05) is 30.3 Å². The van der Waals surface area contributed by atoms with Gasteiger partial charge < -0.3 is 15.6 Å². The van der Waals surface area contributed by atoms with E-state index in [-0.39, 0.29) is 29.8 Å². The van der Waals surface area contributed by atoms with Crippen molar-refractivity contribution in [3.05, 3.63) is 65.7 Å². The zero-order valence-corrected chi connectivity index (χ0v) is 17.7. The van der Waals surface area contributed by atoms with Crippen LogP contribution in [0.25, 0.3) is 11.0 Å². The van der Waals surface area contributed by atoms with Crippen molar-refractivity contribution in [2.45, 2.75) is 19.8 Å². The molecule has 0 aliphatic rings. The van der Waals surface area contributed by atoms with E-state index >= 15 is 0 Å². The molecular formula is C20H25FIN5. The van der Waals surface area contributed by atoms with Gasteiger partial charge in [0.1, 0.15) is 11.6 Å². The van der Waals surface area contributed by atoms with Crippen molar-refractivity contribution in [1.82, 2.24) is 20.6 Å². The molecule has 0 bridgehead atoms. The number of para-hydroxylation sites is 2. The lowest BCUT2D eigenvalue weighted by atomic mass is 10.1. The number of nitrogens with one attached hydrogen (secondary N) is 3. The molecule has 0 unspecified atom stereocenters. The second-order valence-electron chi connectivity index (χ2n) is 5.98. The van der Waals surface area contributed by atoms with Gasteiger partial charge in [-0.2, -0.15) is 0 Å². The van der Waals surface area contributed by atoms with Gasteiger partial charge in [0.15, 0.2) is 5.96 Å². The van der Waals surface area contributed by atoms with E-state index in [2.05, 4.69) is 25.6 Å². The van der Waals surface area contributed by atoms with Crippen molar-refractivity contribution in [1.29, 1.82) is 0 Å². The van der Waals surface area contributed by atoms with Crippen LogP contribution in [0.15, 0.2) is 53.5 Å². The van der Waals surface area contributed by atoms with Crippen molar-refractivity contribution >= 4 is 41.0 Å². The van der Waals surface area contributed by atoms with E-state index in [4.69, 9.17) is 0 Å². The number of imidazole rings is 1. The summed E-state index contributed by atoms with van der Waals surface area (Å²) in [5.41, 5.74) is 2.72. The molecule has 27 heavy (non-hydrogen) atoms. The van der Waals surface area contributed by atoms with E-state index in [0.29, 0.717) is 25.1 Å². The maximum Gasteiger partial charge on any atom is 0.191 e. The van der Waals surface area contributed by atoms with Crippen molar-refractivity contribution in [3.63, 3.8) is 0 Å². The smallest absolute Gasteiger partial charge is 0.191 e. The van der Waals surface area contributed by atoms with Gasteiger partial charge in [-0.3, -0.25) is 4.99 Å². The quantitative estimate of drug-likeness (QED) is 0.274. The van der Waals surface area contributed by atoms with Gasteiger partial charge in [0.25, 0.3) is 0 Å². The second-order valence-corrected chi connectivity index (χ2v) is 5.98. The highest BCUT2D eigenvalue weighted by Crippen LogP contribution is 2.10. The number of aromatic nitrogens is 2. The minimum absolute atomic E-state index is 0. The number of hydrogen-bond acceptors (Lipinski definition) is 2. The SMILES string of the molecule is CCNC(=NCCc1nc2ccccc2[nH]1)NCCc1ccccc1F.I. The summed E-state index contributed by atoms with van der Waals surface area (Å²) in [6, 6.07) is 14.8. The Morgan fingerprint density at radius 2 is 1.85 bits per heavy atom. The average molecular weight is 481 g/mol. The third kappa shape index (κ3) is 6.20. The van der Waals surface area contributed by atoms with Gasteiger partial charge in [-0.25, -0.2) is 9.37 Å². The first-order valence-corrected chi connectivity index (χ1v) is 8.95. The number of benzene rings is 2. The third-order valence-corrected chi connectivity index (χ3v) is 4.05. The number of guanidine groups is 1. The Labute approximate surface area is 175 Å². The molecule has 5 nitrogen and oxygen atoms in total. The van der Waals surface area contributed by atoms with Crippen LogP contribution >= 0.6 is 24.0 Å². The molecule has 2 aromatic carbocycles. The summed E-state index contributed by atoms with van der Waals surface area (Å²) in [4.78, 5) is 12.4. The largest absolute Gasteiger partial charge is 0.357 e.